The maximum atomic E-state index is 13.4. The predicted molar refractivity (Wildman–Crippen MR) is 57.3 cm³/mol. The second kappa shape index (κ2) is 5.39. The molecule has 0 saturated heterocycles. The number of rotatable bonds is 4. The molecule has 0 saturated carbocycles. The second-order valence-electron chi connectivity index (χ2n) is 3.25. The number of ether oxygens (including phenoxy) is 1. The lowest BCUT2D eigenvalue weighted by atomic mass is 10.1. The van der Waals surface area contributed by atoms with Crippen LogP contribution in [0.3, 0.4) is 0 Å². The lowest BCUT2D eigenvalue weighted by molar-refractivity contribution is -0.164. The number of esters is 1. The maximum absolute atomic E-state index is 13.4. The Labute approximate surface area is 105 Å². The van der Waals surface area contributed by atoms with E-state index in [9.17, 15) is 22.8 Å². The molecule has 0 bridgehead atoms. The molecule has 0 radical (unpaired) electrons. The Morgan fingerprint density at radius 2 is 2.00 bits per heavy atom. The molecule has 1 aromatic carbocycles. The van der Waals surface area contributed by atoms with E-state index in [4.69, 9.17) is 11.6 Å². The number of benzene rings is 1. The molecular formula is C11H8ClF3O3. The van der Waals surface area contributed by atoms with Crippen molar-refractivity contribution in [3.05, 3.63) is 34.6 Å². The van der Waals surface area contributed by atoms with Gasteiger partial charge in [0.15, 0.2) is 0 Å². The van der Waals surface area contributed by atoms with Crippen molar-refractivity contribution in [3.63, 3.8) is 0 Å². The summed E-state index contributed by atoms with van der Waals surface area (Å²) in [5.74, 6) is -8.91. The number of Topliss-reactive ketones (excluding diaryl/α,β-unsaturated/α-hetero) is 1. The molecule has 98 valence electrons. The van der Waals surface area contributed by atoms with Crippen molar-refractivity contribution in [1.29, 1.82) is 0 Å². The summed E-state index contributed by atoms with van der Waals surface area (Å²) in [7, 11) is 0. The summed E-state index contributed by atoms with van der Waals surface area (Å²) in [5.41, 5.74) is -0.570. The Balaban J connectivity index is 3.05. The number of hydrogen-bond acceptors (Lipinski definition) is 3. The highest BCUT2D eigenvalue weighted by atomic mass is 35.5. The summed E-state index contributed by atoms with van der Waals surface area (Å²) in [6.07, 6.45) is 0. The normalized spacial score (nSPS) is 11.2. The summed E-state index contributed by atoms with van der Waals surface area (Å²) in [4.78, 5) is 22.3. The van der Waals surface area contributed by atoms with E-state index in [1.54, 1.807) is 0 Å². The van der Waals surface area contributed by atoms with E-state index in [-0.39, 0.29) is 6.61 Å². The zero-order chi connectivity index (χ0) is 13.9. The van der Waals surface area contributed by atoms with Crippen LogP contribution in [0.1, 0.15) is 17.3 Å². The van der Waals surface area contributed by atoms with E-state index < -0.39 is 34.1 Å². The number of hydrogen-bond donors (Lipinski definition) is 0. The summed E-state index contributed by atoms with van der Waals surface area (Å²) < 4.78 is 43.6. The van der Waals surface area contributed by atoms with Crippen molar-refractivity contribution in [3.8, 4) is 0 Å². The highest BCUT2D eigenvalue weighted by Crippen LogP contribution is 2.24. The molecule has 0 aromatic heterocycles. The first-order valence-electron chi connectivity index (χ1n) is 4.85. The van der Waals surface area contributed by atoms with Crippen LogP contribution in [0.2, 0.25) is 5.02 Å². The minimum atomic E-state index is -4.32. The predicted octanol–water partition coefficient (Wildman–Crippen LogP) is 2.86. The highest BCUT2D eigenvalue weighted by Gasteiger charge is 2.49. The first-order valence-corrected chi connectivity index (χ1v) is 5.23. The quantitative estimate of drug-likeness (QED) is 0.484. The van der Waals surface area contributed by atoms with Crippen molar-refractivity contribution in [2.45, 2.75) is 12.8 Å². The van der Waals surface area contributed by atoms with Crippen LogP contribution in [-0.2, 0) is 9.53 Å². The van der Waals surface area contributed by atoms with Crippen LogP contribution < -0.4 is 0 Å². The van der Waals surface area contributed by atoms with Gasteiger partial charge in [0.2, 0.25) is 5.78 Å². The summed E-state index contributed by atoms with van der Waals surface area (Å²) in [5, 5.41) is -0.486. The zero-order valence-electron chi connectivity index (χ0n) is 9.18. The Hall–Kier alpha value is -1.56. The molecule has 0 N–H and O–H groups in total. The molecule has 0 aliphatic rings. The molecule has 0 unspecified atom stereocenters. The zero-order valence-corrected chi connectivity index (χ0v) is 9.93. The summed E-state index contributed by atoms with van der Waals surface area (Å²) >= 11 is 5.36. The Kier molecular flexibility index (Phi) is 4.34. The largest absolute Gasteiger partial charge is 0.461 e. The van der Waals surface area contributed by atoms with Gasteiger partial charge >= 0.3 is 11.9 Å². The highest BCUT2D eigenvalue weighted by molar-refractivity contribution is 6.31. The molecule has 7 heteroatoms. The van der Waals surface area contributed by atoms with Crippen LogP contribution in [-0.4, -0.2) is 24.3 Å². The summed E-state index contributed by atoms with van der Waals surface area (Å²) in [6.45, 7) is 1.04. The van der Waals surface area contributed by atoms with Gasteiger partial charge in [-0.3, -0.25) is 4.79 Å². The molecule has 0 spiro atoms. The van der Waals surface area contributed by atoms with Gasteiger partial charge in [-0.2, -0.15) is 8.78 Å². The van der Waals surface area contributed by atoms with Gasteiger partial charge in [-0.15, -0.1) is 0 Å². The standard InChI is InChI=1S/C11H8ClF3O3/c1-2-18-10(17)11(14,15)9(16)6-3-4-8(13)7(12)5-6/h3-5H,2H2,1H3. The van der Waals surface area contributed by atoms with Crippen molar-refractivity contribution >= 4 is 23.4 Å². The van der Waals surface area contributed by atoms with Crippen LogP contribution in [0, 0.1) is 5.82 Å². The molecular weight excluding hydrogens is 273 g/mol. The van der Waals surface area contributed by atoms with E-state index in [2.05, 4.69) is 4.74 Å². The third kappa shape index (κ3) is 2.81. The molecule has 0 atom stereocenters. The molecule has 1 rings (SSSR count). The van der Waals surface area contributed by atoms with Gasteiger partial charge in [0, 0.05) is 5.56 Å². The number of carbonyl (C=O) groups excluding carboxylic acids is 2. The Morgan fingerprint density at radius 1 is 1.39 bits per heavy atom. The fourth-order valence-electron chi connectivity index (χ4n) is 1.13. The van der Waals surface area contributed by atoms with Crippen molar-refractivity contribution in [2.75, 3.05) is 6.61 Å². The van der Waals surface area contributed by atoms with E-state index >= 15 is 0 Å². The van der Waals surface area contributed by atoms with Crippen molar-refractivity contribution in [2.24, 2.45) is 0 Å². The lowest BCUT2D eigenvalue weighted by Crippen LogP contribution is -2.39. The van der Waals surface area contributed by atoms with Gasteiger partial charge in [-0.05, 0) is 25.1 Å². The average molecular weight is 281 g/mol. The molecule has 1 aromatic rings. The minimum absolute atomic E-state index is 0.286. The number of alkyl halides is 2. The lowest BCUT2D eigenvalue weighted by Gasteiger charge is -2.13. The van der Waals surface area contributed by atoms with Crippen molar-refractivity contribution < 1.29 is 27.5 Å². The van der Waals surface area contributed by atoms with Crippen LogP contribution in [0.4, 0.5) is 13.2 Å². The average Bonchev–Trinajstić information content (AvgIpc) is 2.32. The molecule has 0 amide bonds. The van der Waals surface area contributed by atoms with Gasteiger partial charge in [0.05, 0.1) is 11.6 Å². The van der Waals surface area contributed by atoms with E-state index in [1.165, 1.54) is 6.92 Å². The Morgan fingerprint density at radius 3 is 2.50 bits per heavy atom. The number of carbonyl (C=O) groups is 2. The minimum Gasteiger partial charge on any atom is -0.461 e. The maximum Gasteiger partial charge on any atom is 0.404 e. The smallest absolute Gasteiger partial charge is 0.404 e. The van der Waals surface area contributed by atoms with Crippen LogP contribution in [0.5, 0.6) is 0 Å². The van der Waals surface area contributed by atoms with Gasteiger partial charge in [0.25, 0.3) is 0 Å². The molecule has 0 aliphatic heterocycles. The fraction of sp³-hybridized carbons (Fsp3) is 0.273. The first-order chi connectivity index (χ1) is 8.30. The number of ketones is 1. The third-order valence-electron chi connectivity index (χ3n) is 2.00. The van der Waals surface area contributed by atoms with Gasteiger partial charge in [0.1, 0.15) is 5.82 Å². The first kappa shape index (κ1) is 14.5. The molecule has 18 heavy (non-hydrogen) atoms. The fourth-order valence-corrected chi connectivity index (χ4v) is 1.31. The SMILES string of the molecule is CCOC(=O)C(F)(F)C(=O)c1ccc(F)c(Cl)c1. The van der Waals surface area contributed by atoms with E-state index in [0.29, 0.717) is 0 Å². The van der Waals surface area contributed by atoms with Crippen LogP contribution >= 0.6 is 11.6 Å². The van der Waals surface area contributed by atoms with E-state index in [1.807, 2.05) is 0 Å². The van der Waals surface area contributed by atoms with Gasteiger partial charge in [-0.1, -0.05) is 11.6 Å². The molecule has 0 aliphatic carbocycles. The monoisotopic (exact) mass is 280 g/mol. The van der Waals surface area contributed by atoms with Gasteiger partial charge in [-0.25, -0.2) is 9.18 Å². The third-order valence-corrected chi connectivity index (χ3v) is 2.29. The van der Waals surface area contributed by atoms with Crippen LogP contribution in [0.15, 0.2) is 18.2 Å². The molecule has 3 nitrogen and oxygen atoms in total. The summed E-state index contributed by atoms with van der Waals surface area (Å²) in [6, 6.07) is 2.31. The Bertz CT molecular complexity index is 488. The number of halogens is 4. The van der Waals surface area contributed by atoms with Crippen molar-refractivity contribution in [1.82, 2.24) is 0 Å². The molecule has 0 heterocycles. The van der Waals surface area contributed by atoms with E-state index in [0.717, 1.165) is 18.2 Å². The topological polar surface area (TPSA) is 43.4 Å². The van der Waals surface area contributed by atoms with Gasteiger partial charge < -0.3 is 4.74 Å². The van der Waals surface area contributed by atoms with Crippen LogP contribution in [0.25, 0.3) is 0 Å². The molecule has 0 fully saturated rings. The second-order valence-corrected chi connectivity index (χ2v) is 3.66.